The number of aromatic nitrogens is 2. The molecule has 6 heteroatoms. The minimum atomic E-state index is -0.635. The number of benzene rings is 1. The van der Waals surface area contributed by atoms with Gasteiger partial charge in [-0.05, 0) is 33.0 Å². The molecule has 0 aliphatic carbocycles. The largest absolute Gasteiger partial charge is 0.322 e. The number of hydrogen-bond donors (Lipinski definition) is 0. The lowest BCUT2D eigenvalue weighted by Crippen LogP contribution is -2.18. The van der Waals surface area contributed by atoms with E-state index in [0.717, 1.165) is 25.6 Å². The lowest BCUT2D eigenvalue weighted by molar-refractivity contribution is 0.392. The van der Waals surface area contributed by atoms with Gasteiger partial charge >= 0.3 is 0 Å². The van der Waals surface area contributed by atoms with Crippen LogP contribution in [0.5, 0.6) is 0 Å². The van der Waals surface area contributed by atoms with E-state index in [4.69, 9.17) is 11.6 Å². The van der Waals surface area contributed by atoms with Gasteiger partial charge in [-0.3, -0.25) is 0 Å². The fourth-order valence-electron chi connectivity index (χ4n) is 2.93. The van der Waals surface area contributed by atoms with Gasteiger partial charge in [0.15, 0.2) is 5.82 Å². The van der Waals surface area contributed by atoms with Gasteiger partial charge < -0.3 is 9.47 Å². The van der Waals surface area contributed by atoms with Gasteiger partial charge in [0.25, 0.3) is 0 Å². The molecule has 0 spiro atoms. The number of likely N-dealkylation sites (tertiary alicyclic amines) is 1. The lowest BCUT2D eigenvalue weighted by Gasteiger charge is -2.17. The fraction of sp³-hybridized carbons (Fsp3) is 0.500. The van der Waals surface area contributed by atoms with Crippen LogP contribution in [0.1, 0.15) is 30.6 Å². The van der Waals surface area contributed by atoms with Gasteiger partial charge in [0.1, 0.15) is 17.2 Å². The van der Waals surface area contributed by atoms with Crippen LogP contribution in [-0.4, -0.2) is 34.6 Å². The SMILES string of the molecule is CC(Cl)c1nc2c(F)cc(F)cc2n1C1CCN(C)C1. The Labute approximate surface area is 121 Å². The van der Waals surface area contributed by atoms with Gasteiger partial charge in [-0.2, -0.15) is 0 Å². The third-order valence-electron chi connectivity index (χ3n) is 3.83. The summed E-state index contributed by atoms with van der Waals surface area (Å²) in [7, 11) is 2.03. The standard InChI is InChI=1S/C14H16ClF2N3/c1-8(15)14-18-13-11(17)5-9(16)6-12(13)20(14)10-3-4-19(2)7-10/h5-6,8,10H,3-4,7H2,1-2H3. The van der Waals surface area contributed by atoms with E-state index in [-0.39, 0.29) is 16.9 Å². The molecule has 1 fully saturated rings. The van der Waals surface area contributed by atoms with Crippen molar-refractivity contribution in [3.8, 4) is 0 Å². The Morgan fingerprint density at radius 1 is 1.40 bits per heavy atom. The molecule has 0 amide bonds. The second kappa shape index (κ2) is 4.97. The number of fused-ring (bicyclic) bond motifs is 1. The van der Waals surface area contributed by atoms with Crippen LogP contribution in [0.15, 0.2) is 12.1 Å². The number of likely N-dealkylation sites (N-methyl/N-ethyl adjacent to an activating group) is 1. The van der Waals surface area contributed by atoms with E-state index >= 15 is 0 Å². The predicted molar refractivity (Wildman–Crippen MR) is 75.1 cm³/mol. The molecule has 0 saturated carbocycles. The molecule has 20 heavy (non-hydrogen) atoms. The van der Waals surface area contributed by atoms with Gasteiger partial charge in [0.05, 0.1) is 10.9 Å². The average molecular weight is 300 g/mol. The fourth-order valence-corrected chi connectivity index (χ4v) is 3.08. The lowest BCUT2D eigenvalue weighted by atomic mass is 10.2. The highest BCUT2D eigenvalue weighted by atomic mass is 35.5. The Balaban J connectivity index is 2.23. The molecule has 1 aliphatic rings. The molecule has 3 nitrogen and oxygen atoms in total. The third kappa shape index (κ3) is 2.19. The van der Waals surface area contributed by atoms with Crippen molar-refractivity contribution >= 4 is 22.6 Å². The summed E-state index contributed by atoms with van der Waals surface area (Å²) in [5.41, 5.74) is 0.689. The predicted octanol–water partition coefficient (Wildman–Crippen LogP) is 3.49. The molecule has 0 radical (unpaired) electrons. The molecular weight excluding hydrogens is 284 g/mol. The van der Waals surface area contributed by atoms with Crippen LogP contribution in [0.25, 0.3) is 11.0 Å². The third-order valence-corrected chi connectivity index (χ3v) is 4.02. The van der Waals surface area contributed by atoms with E-state index in [9.17, 15) is 8.78 Å². The minimum Gasteiger partial charge on any atom is -0.322 e. The Bertz CT molecular complexity index is 653. The van der Waals surface area contributed by atoms with Crippen LogP contribution in [0, 0.1) is 11.6 Å². The van der Waals surface area contributed by atoms with Crippen molar-refractivity contribution in [1.29, 1.82) is 0 Å². The molecule has 0 bridgehead atoms. The van der Waals surface area contributed by atoms with E-state index in [2.05, 4.69) is 9.88 Å². The topological polar surface area (TPSA) is 21.1 Å². The molecule has 2 heterocycles. The number of imidazole rings is 1. The van der Waals surface area contributed by atoms with Crippen LogP contribution in [0.4, 0.5) is 8.78 Å². The zero-order valence-electron chi connectivity index (χ0n) is 11.4. The smallest absolute Gasteiger partial charge is 0.153 e. The Morgan fingerprint density at radius 2 is 2.15 bits per heavy atom. The van der Waals surface area contributed by atoms with E-state index in [1.165, 1.54) is 6.07 Å². The summed E-state index contributed by atoms with van der Waals surface area (Å²) in [5.74, 6) is -0.619. The average Bonchev–Trinajstić information content (AvgIpc) is 2.92. The van der Waals surface area contributed by atoms with Crippen LogP contribution >= 0.6 is 11.6 Å². The molecule has 3 rings (SSSR count). The van der Waals surface area contributed by atoms with Gasteiger partial charge in [-0.1, -0.05) is 0 Å². The van der Waals surface area contributed by atoms with E-state index < -0.39 is 11.6 Å². The van der Waals surface area contributed by atoms with Crippen LogP contribution in [0.3, 0.4) is 0 Å². The van der Waals surface area contributed by atoms with Crippen molar-refractivity contribution in [3.05, 3.63) is 29.6 Å². The Morgan fingerprint density at radius 3 is 2.75 bits per heavy atom. The quantitative estimate of drug-likeness (QED) is 0.792. The van der Waals surface area contributed by atoms with Gasteiger partial charge in [0.2, 0.25) is 0 Å². The molecule has 1 aliphatic heterocycles. The Kier molecular flexibility index (Phi) is 3.42. The van der Waals surface area contributed by atoms with Crippen molar-refractivity contribution in [2.75, 3.05) is 20.1 Å². The maximum Gasteiger partial charge on any atom is 0.153 e. The molecule has 1 saturated heterocycles. The number of nitrogens with zero attached hydrogens (tertiary/aromatic N) is 3. The second-order valence-electron chi connectivity index (χ2n) is 5.42. The van der Waals surface area contributed by atoms with Crippen LogP contribution in [0.2, 0.25) is 0 Å². The van der Waals surface area contributed by atoms with Crippen molar-refractivity contribution in [3.63, 3.8) is 0 Å². The highest BCUT2D eigenvalue weighted by Gasteiger charge is 2.28. The van der Waals surface area contributed by atoms with Gasteiger partial charge in [-0.15, -0.1) is 11.6 Å². The van der Waals surface area contributed by atoms with Crippen molar-refractivity contribution < 1.29 is 8.78 Å². The molecule has 2 unspecified atom stereocenters. The monoisotopic (exact) mass is 299 g/mol. The summed E-state index contributed by atoms with van der Waals surface area (Å²) in [6.45, 7) is 3.59. The Hall–Kier alpha value is -1.20. The summed E-state index contributed by atoms with van der Waals surface area (Å²) in [5, 5.41) is -0.351. The number of alkyl halides is 1. The molecule has 108 valence electrons. The first-order valence-corrected chi connectivity index (χ1v) is 7.10. The second-order valence-corrected chi connectivity index (χ2v) is 6.07. The number of halogens is 3. The molecule has 1 aromatic heterocycles. The summed E-state index contributed by atoms with van der Waals surface area (Å²) in [4.78, 5) is 6.48. The maximum absolute atomic E-state index is 13.9. The van der Waals surface area contributed by atoms with Crippen molar-refractivity contribution in [2.45, 2.75) is 24.8 Å². The molecule has 0 N–H and O–H groups in total. The number of rotatable bonds is 2. The van der Waals surface area contributed by atoms with E-state index in [1.54, 1.807) is 6.92 Å². The molecule has 2 aromatic rings. The van der Waals surface area contributed by atoms with Crippen molar-refractivity contribution in [1.82, 2.24) is 14.5 Å². The highest BCUT2D eigenvalue weighted by molar-refractivity contribution is 6.20. The normalized spacial score (nSPS) is 21.8. The minimum absolute atomic E-state index is 0.155. The summed E-state index contributed by atoms with van der Waals surface area (Å²) < 4.78 is 29.3. The zero-order chi connectivity index (χ0) is 14.4. The maximum atomic E-state index is 13.9. The first kappa shape index (κ1) is 13.8. The summed E-state index contributed by atoms with van der Waals surface area (Å²) >= 11 is 6.17. The molecule has 1 aromatic carbocycles. The van der Waals surface area contributed by atoms with Gasteiger partial charge in [-0.25, -0.2) is 13.8 Å². The first-order valence-electron chi connectivity index (χ1n) is 6.67. The van der Waals surface area contributed by atoms with Crippen LogP contribution < -0.4 is 0 Å². The summed E-state index contributed by atoms with van der Waals surface area (Å²) in [6.07, 6.45) is 0.927. The molecular formula is C14H16ClF2N3. The summed E-state index contributed by atoms with van der Waals surface area (Å²) in [6, 6.07) is 2.36. The van der Waals surface area contributed by atoms with Crippen molar-refractivity contribution in [2.24, 2.45) is 0 Å². The first-order chi connectivity index (χ1) is 9.47. The van der Waals surface area contributed by atoms with E-state index in [1.807, 2.05) is 11.6 Å². The highest BCUT2D eigenvalue weighted by Crippen LogP contribution is 2.33. The van der Waals surface area contributed by atoms with Gasteiger partial charge in [0, 0.05) is 18.7 Å². The number of hydrogen-bond acceptors (Lipinski definition) is 2. The zero-order valence-corrected chi connectivity index (χ0v) is 12.2. The van der Waals surface area contributed by atoms with E-state index in [0.29, 0.717) is 11.3 Å². The molecule has 2 atom stereocenters. The van der Waals surface area contributed by atoms with Crippen LogP contribution in [-0.2, 0) is 0 Å².